The summed E-state index contributed by atoms with van der Waals surface area (Å²) in [5.41, 5.74) is 5.12. The fourth-order valence-corrected chi connectivity index (χ4v) is 4.61. The van der Waals surface area contributed by atoms with Crippen LogP contribution in [0.1, 0.15) is 10.4 Å². The quantitative estimate of drug-likeness (QED) is 0.634. The number of sulfonamides is 1. The van der Waals surface area contributed by atoms with E-state index in [1.165, 1.54) is 12.1 Å². The highest BCUT2D eigenvalue weighted by Gasteiger charge is 2.29. The van der Waals surface area contributed by atoms with Crippen molar-refractivity contribution in [1.82, 2.24) is 4.72 Å². The molecule has 0 fully saturated rings. The molecule has 0 bridgehead atoms. The van der Waals surface area contributed by atoms with Crippen molar-refractivity contribution < 1.29 is 26.7 Å². The summed E-state index contributed by atoms with van der Waals surface area (Å²) in [6.45, 7) is 0. The first-order chi connectivity index (χ1) is 9.61. The third-order valence-corrected chi connectivity index (χ3v) is 5.69. The molecule has 0 amide bonds. The third kappa shape index (κ3) is 3.40. The predicted molar refractivity (Wildman–Crippen MR) is 74.9 cm³/mol. The Kier molecular flexibility index (Phi) is 3.78. The molecule has 114 valence electrons. The van der Waals surface area contributed by atoms with E-state index >= 15 is 0 Å². The summed E-state index contributed by atoms with van der Waals surface area (Å²) in [4.78, 5) is 10.6. The van der Waals surface area contributed by atoms with Crippen LogP contribution in [0.3, 0.4) is 0 Å². The molecular weight excluding hydrogens is 320 g/mol. The van der Waals surface area contributed by atoms with Crippen molar-refractivity contribution in [2.24, 2.45) is 0 Å². The summed E-state index contributed by atoms with van der Waals surface area (Å²) in [5, 5.41) is 9.94. The zero-order valence-corrected chi connectivity index (χ0v) is 12.2. The smallest absolute Gasteiger partial charge is 0.337 e. The highest BCUT2D eigenvalue weighted by molar-refractivity contribution is 7.94. The third-order valence-electron chi connectivity index (χ3n) is 2.76. The number of nitrogens with two attached hydrogens (primary N) is 1. The molecule has 0 aliphatic carbocycles. The van der Waals surface area contributed by atoms with Crippen LogP contribution in [0.25, 0.3) is 0 Å². The largest absolute Gasteiger partial charge is 0.478 e. The Morgan fingerprint density at radius 2 is 2.05 bits per heavy atom. The van der Waals surface area contributed by atoms with Gasteiger partial charge in [0.1, 0.15) is 0 Å². The maximum atomic E-state index is 12.2. The Labute approximate surface area is 121 Å². The number of carbonyl (C=O) groups is 1. The number of anilines is 1. The molecule has 1 aliphatic rings. The average Bonchev–Trinajstić information content (AvgIpc) is 2.67. The summed E-state index contributed by atoms with van der Waals surface area (Å²) in [7, 11) is -7.65. The number of nitrogens with one attached hydrogen (secondary N) is 1. The molecule has 8 nitrogen and oxygen atoms in total. The van der Waals surface area contributed by atoms with Crippen LogP contribution in [-0.4, -0.2) is 39.7 Å². The first-order valence-electron chi connectivity index (χ1n) is 5.67. The van der Waals surface area contributed by atoms with Crippen molar-refractivity contribution in [2.75, 3.05) is 11.5 Å². The van der Waals surface area contributed by atoms with Crippen molar-refractivity contribution in [1.29, 1.82) is 0 Å². The lowest BCUT2D eigenvalue weighted by atomic mass is 10.2. The molecule has 0 spiro atoms. The highest BCUT2D eigenvalue weighted by atomic mass is 32.2. The first-order valence-corrected chi connectivity index (χ1v) is 8.87. The molecule has 1 aliphatic heterocycles. The van der Waals surface area contributed by atoms with Crippen LogP contribution in [0.4, 0.5) is 5.69 Å². The number of hydrogen-bond donors (Lipinski definition) is 3. The van der Waals surface area contributed by atoms with Gasteiger partial charge >= 0.3 is 5.97 Å². The summed E-state index contributed by atoms with van der Waals surface area (Å²) in [6.07, 6.45) is 1.19. The number of rotatable bonds is 4. The second kappa shape index (κ2) is 5.13. The van der Waals surface area contributed by atoms with Gasteiger partial charge in [0.15, 0.2) is 9.84 Å². The Morgan fingerprint density at radius 1 is 1.38 bits per heavy atom. The topological polar surface area (TPSA) is 144 Å². The molecule has 4 N–H and O–H groups in total. The van der Waals surface area contributed by atoms with Gasteiger partial charge in [0.25, 0.3) is 0 Å². The molecule has 0 saturated heterocycles. The standard InChI is InChI=1S/C11H12N2O6S2/c12-7-1-2-9(11(14)15)10(5-7)21(18,19)13-8-3-4-20(16,17)6-8/h1-5,8,13H,6,12H2,(H,14,15). The first kappa shape index (κ1) is 15.5. The van der Waals surface area contributed by atoms with Crippen LogP contribution in [0.5, 0.6) is 0 Å². The van der Waals surface area contributed by atoms with Crippen molar-refractivity contribution >= 4 is 31.5 Å². The van der Waals surface area contributed by atoms with Crippen LogP contribution in [-0.2, 0) is 19.9 Å². The van der Waals surface area contributed by atoms with Gasteiger partial charge < -0.3 is 10.8 Å². The van der Waals surface area contributed by atoms with Gasteiger partial charge in [-0.3, -0.25) is 0 Å². The Hall–Kier alpha value is -1.91. The van der Waals surface area contributed by atoms with Gasteiger partial charge in [0.2, 0.25) is 10.0 Å². The lowest BCUT2D eigenvalue weighted by Crippen LogP contribution is -2.36. The summed E-state index contributed by atoms with van der Waals surface area (Å²) in [5.74, 6) is -1.83. The van der Waals surface area contributed by atoms with Crippen molar-refractivity contribution in [3.63, 3.8) is 0 Å². The number of carboxylic acid groups (broad SMARTS) is 1. The van der Waals surface area contributed by atoms with E-state index in [0.29, 0.717) is 0 Å². The van der Waals surface area contributed by atoms with E-state index in [1.807, 2.05) is 0 Å². The Bertz CT molecular complexity index is 826. The van der Waals surface area contributed by atoms with Gasteiger partial charge in [-0.25, -0.2) is 26.4 Å². The highest BCUT2D eigenvalue weighted by Crippen LogP contribution is 2.20. The molecule has 1 atom stereocenters. The van der Waals surface area contributed by atoms with Crippen LogP contribution in [0, 0.1) is 0 Å². The zero-order chi connectivity index (χ0) is 15.8. The van der Waals surface area contributed by atoms with E-state index < -0.39 is 48.1 Å². The minimum Gasteiger partial charge on any atom is -0.478 e. The van der Waals surface area contributed by atoms with Crippen LogP contribution in [0.2, 0.25) is 0 Å². The Balaban J connectivity index is 2.39. The van der Waals surface area contributed by atoms with E-state index in [-0.39, 0.29) is 5.69 Å². The number of hydrogen-bond acceptors (Lipinski definition) is 6. The SMILES string of the molecule is Nc1ccc(C(=O)O)c(S(=O)(=O)NC2C=CS(=O)(=O)C2)c1. The number of aromatic carboxylic acids is 1. The number of sulfone groups is 1. The summed E-state index contributed by atoms with van der Waals surface area (Å²) >= 11 is 0. The molecule has 0 radical (unpaired) electrons. The molecule has 0 saturated carbocycles. The molecule has 1 unspecified atom stereocenters. The minimum absolute atomic E-state index is 0.0787. The average molecular weight is 332 g/mol. The van der Waals surface area contributed by atoms with Crippen molar-refractivity contribution in [3.05, 3.63) is 35.2 Å². The van der Waals surface area contributed by atoms with Gasteiger partial charge in [-0.2, -0.15) is 0 Å². The van der Waals surface area contributed by atoms with Gasteiger partial charge in [0.05, 0.1) is 22.3 Å². The molecule has 0 aromatic heterocycles. The normalized spacial score (nSPS) is 20.5. The predicted octanol–water partition coefficient (Wildman–Crippen LogP) is -0.444. The molecule has 1 aromatic rings. The summed E-state index contributed by atoms with van der Waals surface area (Å²) < 4.78 is 49.1. The maximum absolute atomic E-state index is 12.2. The second-order valence-corrected chi connectivity index (χ2v) is 8.06. The van der Waals surface area contributed by atoms with E-state index in [1.54, 1.807) is 0 Å². The minimum atomic E-state index is -4.22. The molecule has 10 heteroatoms. The van der Waals surface area contributed by atoms with Gasteiger partial charge in [-0.05, 0) is 18.2 Å². The van der Waals surface area contributed by atoms with E-state index in [9.17, 15) is 21.6 Å². The maximum Gasteiger partial charge on any atom is 0.337 e. The Morgan fingerprint density at radius 3 is 2.57 bits per heavy atom. The van der Waals surface area contributed by atoms with E-state index in [0.717, 1.165) is 17.5 Å². The number of carboxylic acids is 1. The lowest BCUT2D eigenvalue weighted by molar-refractivity contribution is 0.0692. The second-order valence-electron chi connectivity index (χ2n) is 4.45. The monoisotopic (exact) mass is 332 g/mol. The summed E-state index contributed by atoms with van der Waals surface area (Å²) in [6, 6.07) is 2.41. The lowest BCUT2D eigenvalue weighted by Gasteiger charge is -2.13. The van der Waals surface area contributed by atoms with Crippen LogP contribution < -0.4 is 10.5 Å². The fraction of sp³-hybridized carbons (Fsp3) is 0.182. The molecule has 1 heterocycles. The molecular formula is C11H12N2O6S2. The van der Waals surface area contributed by atoms with E-state index in [2.05, 4.69) is 4.72 Å². The van der Waals surface area contributed by atoms with E-state index in [4.69, 9.17) is 10.8 Å². The molecule has 2 rings (SSSR count). The van der Waals surface area contributed by atoms with Gasteiger partial charge in [-0.1, -0.05) is 6.08 Å². The van der Waals surface area contributed by atoms with Crippen molar-refractivity contribution in [3.8, 4) is 0 Å². The molecule has 1 aromatic carbocycles. The van der Waals surface area contributed by atoms with Crippen LogP contribution >= 0.6 is 0 Å². The fourth-order valence-electron chi connectivity index (χ4n) is 1.85. The van der Waals surface area contributed by atoms with Crippen LogP contribution in [0.15, 0.2) is 34.6 Å². The van der Waals surface area contributed by atoms with Crippen molar-refractivity contribution in [2.45, 2.75) is 10.9 Å². The number of benzene rings is 1. The number of nitrogen functional groups attached to an aromatic ring is 1. The molecule has 21 heavy (non-hydrogen) atoms. The zero-order valence-electron chi connectivity index (χ0n) is 10.6. The van der Waals surface area contributed by atoms with Gasteiger partial charge in [0, 0.05) is 11.1 Å². The van der Waals surface area contributed by atoms with Gasteiger partial charge in [-0.15, -0.1) is 0 Å².